The van der Waals surface area contributed by atoms with E-state index in [1.54, 1.807) is 12.1 Å². The zero-order chi connectivity index (χ0) is 23.5. The molecule has 10 heteroatoms. The van der Waals surface area contributed by atoms with Crippen LogP contribution in [0.25, 0.3) is 0 Å². The van der Waals surface area contributed by atoms with Crippen molar-refractivity contribution in [2.24, 2.45) is 0 Å². The number of halogens is 2. The highest BCUT2D eigenvalue weighted by Crippen LogP contribution is 2.26. The summed E-state index contributed by atoms with van der Waals surface area (Å²) in [4.78, 5) is 24.7. The summed E-state index contributed by atoms with van der Waals surface area (Å²) in [5.41, 5.74) is 1.47. The first kappa shape index (κ1) is 23.6. The summed E-state index contributed by atoms with van der Waals surface area (Å²) in [6.45, 7) is 1.85. The fraction of sp³-hybridized carbons (Fsp3) is 0.0909. The first-order valence-corrected chi connectivity index (χ1v) is 11.4. The lowest BCUT2D eigenvalue weighted by Crippen LogP contribution is -2.16. The molecule has 3 aromatic rings. The van der Waals surface area contributed by atoms with Crippen LogP contribution in [0.2, 0.25) is 10.0 Å². The number of aryl methyl sites for hydroxylation is 1. The van der Waals surface area contributed by atoms with Crippen LogP contribution < -0.4 is 10.0 Å². The minimum absolute atomic E-state index is 0.0327. The zero-order valence-corrected chi connectivity index (χ0v) is 19.3. The largest absolute Gasteiger partial charge is 0.465 e. The number of carbonyl (C=O) groups is 2. The van der Waals surface area contributed by atoms with E-state index < -0.39 is 21.9 Å². The van der Waals surface area contributed by atoms with Crippen LogP contribution in [-0.4, -0.2) is 27.4 Å². The summed E-state index contributed by atoms with van der Waals surface area (Å²) in [5, 5.41) is 2.89. The van der Waals surface area contributed by atoms with E-state index in [-0.39, 0.29) is 37.4 Å². The lowest BCUT2D eigenvalue weighted by molar-refractivity contribution is 0.0600. The average Bonchev–Trinajstić information content (AvgIpc) is 2.76. The van der Waals surface area contributed by atoms with Crippen molar-refractivity contribution in [3.05, 3.63) is 87.4 Å². The molecule has 1 amide bonds. The number of rotatable bonds is 6. The van der Waals surface area contributed by atoms with Gasteiger partial charge < -0.3 is 10.1 Å². The van der Waals surface area contributed by atoms with E-state index in [4.69, 9.17) is 23.2 Å². The number of ether oxygens (including phenoxy) is 1. The van der Waals surface area contributed by atoms with Gasteiger partial charge in [0.25, 0.3) is 15.9 Å². The Labute approximate surface area is 195 Å². The molecule has 7 nitrogen and oxygen atoms in total. The molecule has 0 saturated heterocycles. The van der Waals surface area contributed by atoms with Gasteiger partial charge in [-0.25, -0.2) is 13.2 Å². The number of esters is 1. The highest BCUT2D eigenvalue weighted by molar-refractivity contribution is 7.92. The Morgan fingerprint density at radius 1 is 0.844 bits per heavy atom. The van der Waals surface area contributed by atoms with Gasteiger partial charge in [0.2, 0.25) is 0 Å². The van der Waals surface area contributed by atoms with Crippen molar-refractivity contribution < 1.29 is 22.7 Å². The van der Waals surface area contributed by atoms with Gasteiger partial charge in [-0.05, 0) is 55.5 Å². The van der Waals surface area contributed by atoms with Crippen LogP contribution in [0.15, 0.2) is 65.6 Å². The molecule has 0 aliphatic carbocycles. The maximum absolute atomic E-state index is 12.8. The van der Waals surface area contributed by atoms with Crippen LogP contribution in [-0.2, 0) is 14.8 Å². The predicted octanol–water partition coefficient (Wildman–Crippen LogP) is 5.14. The highest BCUT2D eigenvalue weighted by Gasteiger charge is 2.18. The highest BCUT2D eigenvalue weighted by atomic mass is 35.5. The van der Waals surface area contributed by atoms with Gasteiger partial charge in [0, 0.05) is 11.4 Å². The van der Waals surface area contributed by atoms with Crippen molar-refractivity contribution >= 4 is 56.5 Å². The number of hydrogen-bond acceptors (Lipinski definition) is 5. The Bertz CT molecular complexity index is 1290. The lowest BCUT2D eigenvalue weighted by Gasteiger charge is -2.12. The maximum Gasteiger partial charge on any atom is 0.339 e. The molecular formula is C22H18Cl2N2O5S. The third kappa shape index (κ3) is 5.40. The molecule has 0 unspecified atom stereocenters. The van der Waals surface area contributed by atoms with Crippen molar-refractivity contribution in [2.75, 3.05) is 17.1 Å². The quantitative estimate of drug-likeness (QED) is 0.463. The van der Waals surface area contributed by atoms with E-state index in [1.807, 2.05) is 6.92 Å². The van der Waals surface area contributed by atoms with Crippen molar-refractivity contribution in [3.63, 3.8) is 0 Å². The molecule has 0 aliphatic heterocycles. The summed E-state index contributed by atoms with van der Waals surface area (Å²) < 4.78 is 32.4. The van der Waals surface area contributed by atoms with Crippen LogP contribution >= 0.6 is 23.2 Å². The van der Waals surface area contributed by atoms with E-state index >= 15 is 0 Å². The van der Waals surface area contributed by atoms with E-state index in [9.17, 15) is 18.0 Å². The van der Waals surface area contributed by atoms with Gasteiger partial charge in [0.05, 0.1) is 33.2 Å². The molecule has 0 aromatic heterocycles. The van der Waals surface area contributed by atoms with Crippen LogP contribution in [0.4, 0.5) is 11.4 Å². The van der Waals surface area contributed by atoms with Gasteiger partial charge in [0.1, 0.15) is 0 Å². The Morgan fingerprint density at radius 2 is 1.41 bits per heavy atom. The van der Waals surface area contributed by atoms with Gasteiger partial charge in [-0.2, -0.15) is 0 Å². The normalized spacial score (nSPS) is 11.0. The topological polar surface area (TPSA) is 102 Å². The Balaban J connectivity index is 1.85. The number of carbonyl (C=O) groups excluding carboxylic acids is 2. The number of sulfonamides is 1. The van der Waals surface area contributed by atoms with Gasteiger partial charge in [-0.3, -0.25) is 9.52 Å². The molecule has 2 N–H and O–H groups in total. The van der Waals surface area contributed by atoms with E-state index in [0.29, 0.717) is 0 Å². The molecule has 0 saturated carbocycles. The predicted molar refractivity (Wildman–Crippen MR) is 124 cm³/mol. The Hall–Kier alpha value is -3.07. The number of nitrogens with one attached hydrogen (secondary N) is 2. The lowest BCUT2D eigenvalue weighted by atomic mass is 10.1. The van der Waals surface area contributed by atoms with Crippen LogP contribution in [0.3, 0.4) is 0 Å². The molecule has 0 heterocycles. The van der Waals surface area contributed by atoms with Crippen molar-refractivity contribution in [1.82, 2.24) is 0 Å². The summed E-state index contributed by atoms with van der Waals surface area (Å²) >= 11 is 12.1. The third-order valence-electron chi connectivity index (χ3n) is 4.42. The molecule has 0 fully saturated rings. The first-order valence-electron chi connectivity index (χ1n) is 9.19. The molecule has 0 aliphatic rings. The minimum Gasteiger partial charge on any atom is -0.465 e. The second-order valence-electron chi connectivity index (χ2n) is 6.75. The molecule has 0 atom stereocenters. The minimum atomic E-state index is -3.86. The standard InChI is InChI=1S/C22H18Cl2N2O5S/c1-13-3-7-16(8-4-13)32(29,30)26-15-6-10-19(23)17(12-15)21(27)25-14-5-9-20(24)18(11-14)22(28)31-2/h3-12,26H,1-2H3,(H,25,27). The van der Waals surface area contributed by atoms with Gasteiger partial charge in [-0.15, -0.1) is 0 Å². The van der Waals surface area contributed by atoms with Crippen molar-refractivity contribution in [1.29, 1.82) is 0 Å². The number of amides is 1. The summed E-state index contributed by atoms with van der Waals surface area (Å²) in [6, 6.07) is 14.8. The number of benzene rings is 3. The van der Waals surface area contributed by atoms with E-state index in [2.05, 4.69) is 14.8 Å². The molecule has 0 bridgehead atoms. The van der Waals surface area contributed by atoms with Crippen molar-refractivity contribution in [3.8, 4) is 0 Å². The van der Waals surface area contributed by atoms with Gasteiger partial charge >= 0.3 is 5.97 Å². The zero-order valence-electron chi connectivity index (χ0n) is 17.0. The van der Waals surface area contributed by atoms with E-state index in [0.717, 1.165) is 5.56 Å². The monoisotopic (exact) mass is 492 g/mol. The van der Waals surface area contributed by atoms with Crippen LogP contribution in [0.5, 0.6) is 0 Å². The van der Waals surface area contributed by atoms with Gasteiger partial charge in [0.15, 0.2) is 0 Å². The van der Waals surface area contributed by atoms with Crippen molar-refractivity contribution in [2.45, 2.75) is 11.8 Å². The Morgan fingerprint density at radius 3 is 2.03 bits per heavy atom. The number of hydrogen-bond donors (Lipinski definition) is 2. The summed E-state index contributed by atoms with van der Waals surface area (Å²) in [7, 11) is -2.64. The SMILES string of the molecule is COC(=O)c1cc(NC(=O)c2cc(NS(=O)(=O)c3ccc(C)cc3)ccc2Cl)ccc1Cl. The maximum atomic E-state index is 12.8. The second kappa shape index (κ2) is 9.60. The molecule has 166 valence electrons. The van der Waals surface area contributed by atoms with Gasteiger partial charge in [-0.1, -0.05) is 40.9 Å². The smallest absolute Gasteiger partial charge is 0.339 e. The van der Waals surface area contributed by atoms with Crippen LogP contribution in [0.1, 0.15) is 26.3 Å². The van der Waals surface area contributed by atoms with Crippen LogP contribution in [0, 0.1) is 6.92 Å². The third-order valence-corrected chi connectivity index (χ3v) is 6.48. The van der Waals surface area contributed by atoms with E-state index in [1.165, 1.54) is 55.6 Å². The molecule has 3 rings (SSSR count). The first-order chi connectivity index (χ1) is 15.1. The fourth-order valence-electron chi connectivity index (χ4n) is 2.76. The summed E-state index contributed by atoms with van der Waals surface area (Å²) in [5.74, 6) is -1.26. The summed E-state index contributed by atoms with van der Waals surface area (Å²) in [6.07, 6.45) is 0. The number of methoxy groups -OCH3 is 1. The molecule has 0 radical (unpaired) electrons. The average molecular weight is 493 g/mol. The molecular weight excluding hydrogens is 475 g/mol. The Kier molecular flexibility index (Phi) is 7.08. The fourth-order valence-corrected chi connectivity index (χ4v) is 4.21. The number of anilines is 2. The second-order valence-corrected chi connectivity index (χ2v) is 9.25. The molecule has 32 heavy (non-hydrogen) atoms. The molecule has 0 spiro atoms. The molecule has 3 aromatic carbocycles.